The van der Waals surface area contributed by atoms with Gasteiger partial charge in [0.15, 0.2) is 0 Å². The molecule has 0 amide bonds. The highest BCUT2D eigenvalue weighted by molar-refractivity contribution is 5.61. The van der Waals surface area contributed by atoms with Crippen molar-refractivity contribution in [1.82, 2.24) is 0 Å². The van der Waals surface area contributed by atoms with Crippen molar-refractivity contribution in [3.05, 3.63) is 84.5 Å². The fourth-order valence-corrected chi connectivity index (χ4v) is 3.78. The number of rotatable bonds is 4. The van der Waals surface area contributed by atoms with E-state index >= 15 is 0 Å². The maximum atomic E-state index is 2.51. The maximum Gasteiger partial charge on any atom is 0.0916 e. The zero-order valence-corrected chi connectivity index (χ0v) is 14.2. The van der Waals surface area contributed by atoms with Crippen molar-refractivity contribution in [3.8, 4) is 0 Å². The number of anilines is 2. The van der Waals surface area contributed by atoms with Crippen LogP contribution in [0.1, 0.15) is 18.9 Å². The molecule has 2 heteroatoms. The minimum absolute atomic E-state index is 0.396. The zero-order chi connectivity index (χ0) is 16.4. The fraction of sp³-hybridized carbons (Fsp3) is 0.273. The van der Waals surface area contributed by atoms with Crippen LogP contribution in [0.2, 0.25) is 0 Å². The average Bonchev–Trinajstić information content (AvgIpc) is 3.03. The second-order valence-electron chi connectivity index (χ2n) is 6.58. The van der Waals surface area contributed by atoms with Crippen LogP contribution < -0.4 is 9.80 Å². The minimum Gasteiger partial charge on any atom is -0.345 e. The van der Waals surface area contributed by atoms with Gasteiger partial charge < -0.3 is 9.80 Å². The first-order chi connectivity index (χ1) is 11.9. The van der Waals surface area contributed by atoms with Gasteiger partial charge in [-0.05, 0) is 36.2 Å². The van der Waals surface area contributed by atoms with Crippen LogP contribution in [0.5, 0.6) is 0 Å². The molecule has 2 aromatic rings. The molecule has 0 saturated carbocycles. The van der Waals surface area contributed by atoms with Gasteiger partial charge in [0.2, 0.25) is 0 Å². The van der Waals surface area contributed by atoms with E-state index in [-0.39, 0.29) is 0 Å². The van der Waals surface area contributed by atoms with Crippen LogP contribution in [0, 0.1) is 0 Å². The lowest BCUT2D eigenvalue weighted by atomic mass is 10.0. The monoisotopic (exact) mass is 316 g/mol. The van der Waals surface area contributed by atoms with Gasteiger partial charge in [-0.1, -0.05) is 68.0 Å². The summed E-state index contributed by atoms with van der Waals surface area (Å²) in [4.78, 5) is 5.00. The van der Waals surface area contributed by atoms with Crippen molar-refractivity contribution in [2.24, 2.45) is 0 Å². The standard InChI is InChI=1S/C22H24N2/c1-2-8-18-13-15-20(16-14-18)24-17-23(19-9-4-3-5-10-19)21-11-6-7-12-22(21)24/h3-7,9-16,21-22H,2,8,17H2,1H3. The molecule has 4 rings (SSSR count). The van der Waals surface area contributed by atoms with Crippen LogP contribution in [-0.2, 0) is 6.42 Å². The number of benzene rings is 2. The Labute approximate surface area is 144 Å². The van der Waals surface area contributed by atoms with Crippen LogP contribution in [-0.4, -0.2) is 18.8 Å². The number of fused-ring (bicyclic) bond motifs is 1. The summed E-state index contributed by atoms with van der Waals surface area (Å²) in [5.74, 6) is 0. The van der Waals surface area contributed by atoms with E-state index in [0.29, 0.717) is 12.1 Å². The van der Waals surface area contributed by atoms with E-state index in [9.17, 15) is 0 Å². The minimum atomic E-state index is 0.396. The fourth-order valence-electron chi connectivity index (χ4n) is 3.78. The first kappa shape index (κ1) is 15.1. The summed E-state index contributed by atoms with van der Waals surface area (Å²) >= 11 is 0. The molecule has 2 nitrogen and oxygen atoms in total. The number of hydrogen-bond donors (Lipinski definition) is 0. The number of aryl methyl sites for hydroxylation is 1. The second kappa shape index (κ2) is 6.56. The predicted octanol–water partition coefficient (Wildman–Crippen LogP) is 4.79. The van der Waals surface area contributed by atoms with E-state index < -0.39 is 0 Å². The lowest BCUT2D eigenvalue weighted by Crippen LogP contribution is -2.35. The highest BCUT2D eigenvalue weighted by Crippen LogP contribution is 2.34. The Morgan fingerprint density at radius 3 is 1.96 bits per heavy atom. The number of nitrogens with zero attached hydrogens (tertiary/aromatic N) is 2. The molecule has 1 fully saturated rings. The molecule has 2 aromatic carbocycles. The normalized spacial score (nSPS) is 22.0. The quantitative estimate of drug-likeness (QED) is 0.800. The van der Waals surface area contributed by atoms with E-state index in [1.807, 2.05) is 0 Å². The Morgan fingerprint density at radius 1 is 0.792 bits per heavy atom. The average molecular weight is 316 g/mol. The number of allylic oxidation sites excluding steroid dienone is 2. The highest BCUT2D eigenvalue weighted by atomic mass is 15.4. The Hall–Kier alpha value is -2.48. The summed E-state index contributed by atoms with van der Waals surface area (Å²) in [6.45, 7) is 3.15. The molecular weight excluding hydrogens is 292 g/mol. The van der Waals surface area contributed by atoms with Crippen molar-refractivity contribution >= 4 is 11.4 Å². The van der Waals surface area contributed by atoms with Crippen molar-refractivity contribution in [2.45, 2.75) is 31.8 Å². The number of para-hydroxylation sites is 1. The van der Waals surface area contributed by atoms with Crippen LogP contribution in [0.3, 0.4) is 0 Å². The highest BCUT2D eigenvalue weighted by Gasteiger charge is 2.38. The van der Waals surface area contributed by atoms with E-state index in [2.05, 4.69) is 95.6 Å². The van der Waals surface area contributed by atoms with Gasteiger partial charge in [0.05, 0.1) is 18.8 Å². The summed E-state index contributed by atoms with van der Waals surface area (Å²) in [7, 11) is 0. The molecule has 1 heterocycles. The second-order valence-corrected chi connectivity index (χ2v) is 6.58. The molecule has 1 aliphatic heterocycles. The largest absolute Gasteiger partial charge is 0.345 e. The van der Waals surface area contributed by atoms with Gasteiger partial charge in [0.25, 0.3) is 0 Å². The predicted molar refractivity (Wildman–Crippen MR) is 103 cm³/mol. The summed E-state index contributed by atoms with van der Waals surface area (Å²) < 4.78 is 0. The van der Waals surface area contributed by atoms with Gasteiger partial charge in [0.1, 0.15) is 0 Å². The first-order valence-electron chi connectivity index (χ1n) is 8.89. The molecule has 2 aliphatic rings. The van der Waals surface area contributed by atoms with E-state index in [4.69, 9.17) is 0 Å². The van der Waals surface area contributed by atoms with Crippen LogP contribution in [0.25, 0.3) is 0 Å². The van der Waals surface area contributed by atoms with Crippen LogP contribution in [0.4, 0.5) is 11.4 Å². The van der Waals surface area contributed by atoms with Gasteiger partial charge in [-0.15, -0.1) is 0 Å². The van der Waals surface area contributed by atoms with Gasteiger partial charge in [0, 0.05) is 11.4 Å². The third-order valence-corrected chi connectivity index (χ3v) is 5.00. The summed E-state index contributed by atoms with van der Waals surface area (Å²) in [5.41, 5.74) is 4.02. The Bertz CT molecular complexity index is 730. The van der Waals surface area contributed by atoms with Crippen molar-refractivity contribution < 1.29 is 0 Å². The van der Waals surface area contributed by atoms with Crippen molar-refractivity contribution in [3.63, 3.8) is 0 Å². The molecule has 0 N–H and O–H groups in total. The van der Waals surface area contributed by atoms with Crippen LogP contribution >= 0.6 is 0 Å². The molecule has 1 aliphatic carbocycles. The summed E-state index contributed by atoms with van der Waals surface area (Å²) in [6, 6.07) is 20.6. The summed E-state index contributed by atoms with van der Waals surface area (Å²) in [5, 5.41) is 0. The Morgan fingerprint density at radius 2 is 1.38 bits per heavy atom. The van der Waals surface area contributed by atoms with Gasteiger partial charge in [-0.3, -0.25) is 0 Å². The van der Waals surface area contributed by atoms with Crippen molar-refractivity contribution in [2.75, 3.05) is 16.5 Å². The number of hydrogen-bond acceptors (Lipinski definition) is 2. The Kier molecular flexibility index (Phi) is 4.12. The van der Waals surface area contributed by atoms with Gasteiger partial charge in [-0.2, -0.15) is 0 Å². The third kappa shape index (κ3) is 2.73. The molecule has 2 unspecified atom stereocenters. The molecule has 0 spiro atoms. The lowest BCUT2D eigenvalue weighted by molar-refractivity contribution is 0.745. The van der Waals surface area contributed by atoms with E-state index in [1.54, 1.807) is 0 Å². The molecule has 0 bridgehead atoms. The van der Waals surface area contributed by atoms with E-state index in [1.165, 1.54) is 23.4 Å². The molecule has 0 aromatic heterocycles. The molecule has 24 heavy (non-hydrogen) atoms. The van der Waals surface area contributed by atoms with Crippen molar-refractivity contribution in [1.29, 1.82) is 0 Å². The van der Waals surface area contributed by atoms with Gasteiger partial charge in [-0.25, -0.2) is 0 Å². The lowest BCUT2D eigenvalue weighted by Gasteiger charge is -2.27. The smallest absolute Gasteiger partial charge is 0.0916 e. The maximum absolute atomic E-state index is 2.51. The molecular formula is C22H24N2. The Balaban J connectivity index is 1.64. The molecule has 1 saturated heterocycles. The molecule has 2 atom stereocenters. The summed E-state index contributed by atoms with van der Waals surface area (Å²) in [6.07, 6.45) is 11.4. The molecule has 0 radical (unpaired) electrons. The van der Waals surface area contributed by atoms with E-state index in [0.717, 1.165) is 13.1 Å². The third-order valence-electron chi connectivity index (χ3n) is 5.00. The topological polar surface area (TPSA) is 6.48 Å². The SMILES string of the molecule is CCCc1ccc(N2CN(c3ccccc3)C3C=CC=CC32)cc1. The van der Waals surface area contributed by atoms with Gasteiger partial charge >= 0.3 is 0 Å². The first-order valence-corrected chi connectivity index (χ1v) is 8.89. The zero-order valence-electron chi connectivity index (χ0n) is 14.2. The molecule has 122 valence electrons. The van der Waals surface area contributed by atoms with Crippen LogP contribution in [0.15, 0.2) is 78.9 Å².